The summed E-state index contributed by atoms with van der Waals surface area (Å²) < 4.78 is 6.72. The van der Waals surface area contributed by atoms with Crippen molar-refractivity contribution in [1.82, 2.24) is 14.9 Å². The van der Waals surface area contributed by atoms with Gasteiger partial charge in [0.2, 0.25) is 5.16 Å². The van der Waals surface area contributed by atoms with Gasteiger partial charge in [-0.1, -0.05) is 56.8 Å². The molecule has 3 rings (SSSR count). The van der Waals surface area contributed by atoms with Crippen molar-refractivity contribution in [1.29, 1.82) is 0 Å². The number of aromatic nitrogens is 3. The van der Waals surface area contributed by atoms with Crippen LogP contribution < -0.4 is 10.6 Å². The molecule has 0 unspecified atom stereocenters. The van der Waals surface area contributed by atoms with E-state index in [0.29, 0.717) is 11.0 Å². The molecule has 136 valence electrons. The van der Waals surface area contributed by atoms with Crippen LogP contribution in [-0.2, 0) is 11.2 Å². The van der Waals surface area contributed by atoms with Crippen LogP contribution in [0.1, 0.15) is 31.9 Å². The summed E-state index contributed by atoms with van der Waals surface area (Å²) in [5, 5.41) is 9.14. The molecule has 0 atom stereocenters. The summed E-state index contributed by atoms with van der Waals surface area (Å²) in [6.07, 6.45) is 0. The van der Waals surface area contributed by atoms with Gasteiger partial charge in [0.05, 0.1) is 7.11 Å². The summed E-state index contributed by atoms with van der Waals surface area (Å²) >= 11 is 1.58. The number of hydrogen-bond acceptors (Lipinski definition) is 5. The van der Waals surface area contributed by atoms with E-state index in [1.807, 2.05) is 24.3 Å². The standard InChI is InChI=1S/C20H24N4OS/c1-20(2,3)16-9-5-14(6-10-16)13-26-19-23-22-18(24(19)21)15-7-11-17(25-4)12-8-15/h5-12H,13,21H2,1-4H3. The average molecular weight is 369 g/mol. The first-order valence-electron chi connectivity index (χ1n) is 8.45. The number of hydrogen-bond donors (Lipinski definition) is 1. The first-order chi connectivity index (χ1) is 12.4. The van der Waals surface area contributed by atoms with Crippen molar-refractivity contribution in [2.75, 3.05) is 13.0 Å². The van der Waals surface area contributed by atoms with Gasteiger partial charge in [-0.15, -0.1) is 10.2 Å². The molecule has 6 heteroatoms. The van der Waals surface area contributed by atoms with Crippen LogP contribution in [0.2, 0.25) is 0 Å². The normalized spacial score (nSPS) is 11.5. The van der Waals surface area contributed by atoms with Crippen LogP contribution in [0, 0.1) is 0 Å². The molecule has 3 aromatic rings. The summed E-state index contributed by atoms with van der Waals surface area (Å²) in [5.41, 5.74) is 3.63. The Kier molecular flexibility index (Phi) is 5.23. The van der Waals surface area contributed by atoms with Gasteiger partial charge in [-0.3, -0.25) is 0 Å². The number of rotatable bonds is 5. The van der Waals surface area contributed by atoms with E-state index in [1.54, 1.807) is 18.9 Å². The van der Waals surface area contributed by atoms with Crippen LogP contribution in [0.5, 0.6) is 5.75 Å². The zero-order valence-corrected chi connectivity index (χ0v) is 16.4. The average Bonchev–Trinajstić information content (AvgIpc) is 3.00. The molecule has 0 aliphatic carbocycles. The highest BCUT2D eigenvalue weighted by Gasteiger charge is 2.14. The summed E-state index contributed by atoms with van der Waals surface area (Å²) in [6, 6.07) is 16.3. The van der Waals surface area contributed by atoms with Crippen LogP contribution in [0.3, 0.4) is 0 Å². The predicted molar refractivity (Wildman–Crippen MR) is 107 cm³/mol. The largest absolute Gasteiger partial charge is 0.497 e. The molecule has 1 heterocycles. The lowest BCUT2D eigenvalue weighted by Crippen LogP contribution is -2.11. The quantitative estimate of drug-likeness (QED) is 0.538. The first-order valence-corrected chi connectivity index (χ1v) is 9.44. The molecule has 0 saturated heterocycles. The third kappa shape index (κ3) is 4.02. The van der Waals surface area contributed by atoms with E-state index >= 15 is 0 Å². The fourth-order valence-electron chi connectivity index (χ4n) is 2.56. The molecule has 0 aliphatic rings. The van der Waals surface area contributed by atoms with Crippen LogP contribution in [-0.4, -0.2) is 22.0 Å². The monoisotopic (exact) mass is 368 g/mol. The van der Waals surface area contributed by atoms with Gasteiger partial charge in [0.15, 0.2) is 5.82 Å². The number of benzene rings is 2. The zero-order valence-electron chi connectivity index (χ0n) is 15.6. The highest BCUT2D eigenvalue weighted by atomic mass is 32.2. The highest BCUT2D eigenvalue weighted by Crippen LogP contribution is 2.27. The predicted octanol–water partition coefficient (Wildman–Crippen LogP) is 4.26. The third-order valence-corrected chi connectivity index (χ3v) is 5.21. The van der Waals surface area contributed by atoms with Crippen LogP contribution >= 0.6 is 11.8 Å². The Morgan fingerprint density at radius 2 is 1.65 bits per heavy atom. The molecule has 0 aliphatic heterocycles. The maximum absolute atomic E-state index is 6.19. The van der Waals surface area contributed by atoms with E-state index in [4.69, 9.17) is 10.6 Å². The molecular formula is C20H24N4OS. The molecule has 1 aromatic heterocycles. The van der Waals surface area contributed by atoms with E-state index < -0.39 is 0 Å². The van der Waals surface area contributed by atoms with E-state index in [1.165, 1.54) is 15.8 Å². The Balaban J connectivity index is 1.70. The van der Waals surface area contributed by atoms with E-state index in [0.717, 1.165) is 17.1 Å². The Morgan fingerprint density at radius 3 is 2.23 bits per heavy atom. The van der Waals surface area contributed by atoms with E-state index in [-0.39, 0.29) is 5.41 Å². The minimum atomic E-state index is 0.163. The highest BCUT2D eigenvalue weighted by molar-refractivity contribution is 7.98. The number of nitrogen functional groups attached to an aromatic ring is 1. The van der Waals surface area contributed by atoms with Crippen molar-refractivity contribution in [3.05, 3.63) is 59.7 Å². The molecule has 0 fully saturated rings. The summed E-state index contributed by atoms with van der Waals surface area (Å²) in [4.78, 5) is 0. The van der Waals surface area contributed by atoms with Gasteiger partial charge in [-0.2, -0.15) is 0 Å². The number of ether oxygens (including phenoxy) is 1. The lowest BCUT2D eigenvalue weighted by Gasteiger charge is -2.19. The van der Waals surface area contributed by atoms with Gasteiger partial charge in [0.25, 0.3) is 0 Å². The van der Waals surface area contributed by atoms with Gasteiger partial charge in [-0.05, 0) is 40.8 Å². The van der Waals surface area contributed by atoms with Gasteiger partial charge in [-0.25, -0.2) is 4.68 Å². The summed E-state index contributed by atoms with van der Waals surface area (Å²) in [6.45, 7) is 6.65. The molecule has 0 spiro atoms. The molecule has 0 bridgehead atoms. The summed E-state index contributed by atoms with van der Waals surface area (Å²) in [5.74, 6) is 8.42. The molecular weight excluding hydrogens is 344 g/mol. The van der Waals surface area contributed by atoms with Gasteiger partial charge in [0.1, 0.15) is 5.75 Å². The van der Waals surface area contributed by atoms with E-state index in [9.17, 15) is 0 Å². The Bertz CT molecular complexity index is 864. The molecule has 0 radical (unpaired) electrons. The van der Waals surface area contributed by atoms with Gasteiger partial charge in [0, 0.05) is 11.3 Å². The van der Waals surface area contributed by atoms with Gasteiger partial charge < -0.3 is 10.6 Å². The second kappa shape index (κ2) is 7.41. The van der Waals surface area contributed by atoms with Crippen molar-refractivity contribution >= 4 is 11.8 Å². The van der Waals surface area contributed by atoms with Crippen molar-refractivity contribution < 1.29 is 4.74 Å². The Hall–Kier alpha value is -2.47. The minimum Gasteiger partial charge on any atom is -0.497 e. The Morgan fingerprint density at radius 1 is 1.00 bits per heavy atom. The number of methoxy groups -OCH3 is 1. The second-order valence-electron chi connectivity index (χ2n) is 7.14. The maximum Gasteiger partial charge on any atom is 0.210 e. The second-order valence-corrected chi connectivity index (χ2v) is 8.08. The smallest absolute Gasteiger partial charge is 0.210 e. The third-order valence-electron chi connectivity index (χ3n) is 4.20. The summed E-state index contributed by atoms with van der Waals surface area (Å²) in [7, 11) is 1.64. The van der Waals surface area contributed by atoms with Gasteiger partial charge >= 0.3 is 0 Å². The Labute approximate surface area is 158 Å². The fourth-order valence-corrected chi connectivity index (χ4v) is 3.37. The molecule has 26 heavy (non-hydrogen) atoms. The number of nitrogens with zero attached hydrogens (tertiary/aromatic N) is 3. The molecule has 5 nitrogen and oxygen atoms in total. The van der Waals surface area contributed by atoms with E-state index in [2.05, 4.69) is 55.2 Å². The molecule has 2 aromatic carbocycles. The van der Waals surface area contributed by atoms with Crippen molar-refractivity contribution in [2.45, 2.75) is 37.1 Å². The molecule has 2 N–H and O–H groups in total. The number of nitrogens with two attached hydrogens (primary N) is 1. The topological polar surface area (TPSA) is 66.0 Å². The maximum atomic E-state index is 6.19. The lowest BCUT2D eigenvalue weighted by molar-refractivity contribution is 0.415. The van der Waals surface area contributed by atoms with Crippen molar-refractivity contribution in [2.24, 2.45) is 0 Å². The molecule has 0 amide bonds. The fraction of sp³-hybridized carbons (Fsp3) is 0.300. The minimum absolute atomic E-state index is 0.163. The van der Waals surface area contributed by atoms with Crippen molar-refractivity contribution in [3.8, 4) is 17.1 Å². The molecule has 0 saturated carbocycles. The first kappa shape index (κ1) is 18.3. The van der Waals surface area contributed by atoms with Crippen LogP contribution in [0.15, 0.2) is 53.7 Å². The van der Waals surface area contributed by atoms with Crippen LogP contribution in [0.4, 0.5) is 0 Å². The number of thioether (sulfide) groups is 1. The van der Waals surface area contributed by atoms with Crippen LogP contribution in [0.25, 0.3) is 11.4 Å². The zero-order chi connectivity index (χ0) is 18.7. The van der Waals surface area contributed by atoms with Crippen molar-refractivity contribution in [3.63, 3.8) is 0 Å². The SMILES string of the molecule is COc1ccc(-c2nnc(SCc3ccc(C(C)(C)C)cc3)n2N)cc1. The lowest BCUT2D eigenvalue weighted by atomic mass is 9.87.